The van der Waals surface area contributed by atoms with Crippen LogP contribution < -0.4 is 5.32 Å². The molecule has 0 saturated carbocycles. The fraction of sp³-hybridized carbons (Fsp3) is 0.143. The van der Waals surface area contributed by atoms with Crippen molar-refractivity contribution in [2.75, 3.05) is 12.4 Å². The van der Waals surface area contributed by atoms with Crippen LogP contribution in [0.1, 0.15) is 26.3 Å². The first-order valence-electron chi connectivity index (χ1n) is 5.76. The Morgan fingerprint density at radius 1 is 1.30 bits per heavy atom. The lowest BCUT2D eigenvalue weighted by Crippen LogP contribution is -2.13. The minimum Gasteiger partial charge on any atom is -0.465 e. The Kier molecular flexibility index (Phi) is 4.24. The summed E-state index contributed by atoms with van der Waals surface area (Å²) in [6.45, 7) is 1.80. The molecule has 20 heavy (non-hydrogen) atoms. The average Bonchev–Trinajstić information content (AvgIpc) is 2.86. The molecule has 0 atom stereocenters. The second-order valence-corrected chi connectivity index (χ2v) is 4.80. The third-order valence-corrected chi connectivity index (χ3v) is 3.37. The van der Waals surface area contributed by atoms with E-state index in [0.717, 1.165) is 5.56 Å². The van der Waals surface area contributed by atoms with E-state index in [-0.39, 0.29) is 5.91 Å². The maximum absolute atomic E-state index is 12.0. The van der Waals surface area contributed by atoms with Crippen molar-refractivity contribution in [2.24, 2.45) is 0 Å². The molecule has 2 aromatic rings. The lowest BCUT2D eigenvalue weighted by molar-refractivity contribution is 0.0600. The van der Waals surface area contributed by atoms with Crippen LogP contribution in [0.2, 0.25) is 0 Å². The average molecular weight is 338 g/mol. The third-order valence-electron chi connectivity index (χ3n) is 2.76. The van der Waals surface area contributed by atoms with Crippen LogP contribution in [0.25, 0.3) is 0 Å². The van der Waals surface area contributed by atoms with Gasteiger partial charge in [-0.1, -0.05) is 0 Å². The summed E-state index contributed by atoms with van der Waals surface area (Å²) >= 11 is 3.15. The molecular formula is C14H12BrNO4. The predicted octanol–water partition coefficient (Wildman–Crippen LogP) is 3.39. The van der Waals surface area contributed by atoms with Crippen molar-refractivity contribution in [1.29, 1.82) is 0 Å². The number of benzene rings is 1. The van der Waals surface area contributed by atoms with E-state index in [1.54, 1.807) is 31.2 Å². The van der Waals surface area contributed by atoms with Crippen LogP contribution >= 0.6 is 15.9 Å². The zero-order valence-electron chi connectivity index (χ0n) is 10.9. The van der Waals surface area contributed by atoms with Gasteiger partial charge < -0.3 is 14.5 Å². The Morgan fingerprint density at radius 3 is 2.60 bits per heavy atom. The summed E-state index contributed by atoms with van der Waals surface area (Å²) in [5.74, 6) is -0.705. The number of esters is 1. The lowest BCUT2D eigenvalue weighted by Gasteiger charge is -2.09. The fourth-order valence-electron chi connectivity index (χ4n) is 1.69. The van der Waals surface area contributed by atoms with Gasteiger partial charge in [0.2, 0.25) is 0 Å². The van der Waals surface area contributed by atoms with E-state index in [9.17, 15) is 9.59 Å². The Bertz CT molecular complexity index is 663. The van der Waals surface area contributed by atoms with Crippen molar-refractivity contribution in [2.45, 2.75) is 6.92 Å². The molecule has 1 aromatic heterocycles. The summed E-state index contributed by atoms with van der Waals surface area (Å²) in [6.07, 6.45) is 1.42. The molecule has 0 aliphatic carbocycles. The number of anilines is 1. The molecular weight excluding hydrogens is 326 g/mol. The van der Waals surface area contributed by atoms with Crippen molar-refractivity contribution >= 4 is 33.5 Å². The Morgan fingerprint density at radius 2 is 2.05 bits per heavy atom. The van der Waals surface area contributed by atoms with Gasteiger partial charge in [-0.3, -0.25) is 4.79 Å². The molecule has 1 aromatic carbocycles. The van der Waals surface area contributed by atoms with Gasteiger partial charge in [-0.2, -0.15) is 0 Å². The zero-order valence-corrected chi connectivity index (χ0v) is 12.5. The highest BCUT2D eigenvalue weighted by atomic mass is 79.9. The van der Waals surface area contributed by atoms with Gasteiger partial charge in [0.05, 0.1) is 24.5 Å². The number of furan rings is 1. The van der Waals surface area contributed by atoms with E-state index in [2.05, 4.69) is 26.0 Å². The van der Waals surface area contributed by atoms with Gasteiger partial charge in [-0.25, -0.2) is 4.79 Å². The molecule has 104 valence electrons. The molecule has 0 aliphatic rings. The molecule has 0 radical (unpaired) electrons. The first kappa shape index (κ1) is 14.3. The number of carbonyl (C=O) groups excluding carboxylic acids is 2. The number of rotatable bonds is 3. The Hall–Kier alpha value is -2.08. The maximum Gasteiger partial charge on any atom is 0.337 e. The molecule has 1 amide bonds. The van der Waals surface area contributed by atoms with E-state index in [0.29, 0.717) is 21.5 Å². The van der Waals surface area contributed by atoms with E-state index in [1.807, 2.05) is 0 Å². The molecule has 1 N–H and O–H groups in total. The van der Waals surface area contributed by atoms with Crippen LogP contribution in [0, 0.1) is 6.92 Å². The second kappa shape index (κ2) is 5.92. The summed E-state index contributed by atoms with van der Waals surface area (Å²) in [7, 11) is 1.32. The molecule has 0 unspecified atom stereocenters. The van der Waals surface area contributed by atoms with E-state index >= 15 is 0 Å². The van der Waals surface area contributed by atoms with Crippen LogP contribution in [-0.4, -0.2) is 19.0 Å². The predicted molar refractivity (Wildman–Crippen MR) is 76.9 cm³/mol. The molecule has 0 aliphatic heterocycles. The smallest absolute Gasteiger partial charge is 0.337 e. The number of nitrogens with one attached hydrogen (secondary N) is 1. The quantitative estimate of drug-likeness (QED) is 0.871. The van der Waals surface area contributed by atoms with Gasteiger partial charge in [0, 0.05) is 5.69 Å². The SMILES string of the molecule is COC(=O)c1ccc(NC(=O)c2ccoc2Br)c(C)c1. The van der Waals surface area contributed by atoms with E-state index in [1.165, 1.54) is 13.4 Å². The summed E-state index contributed by atoms with van der Waals surface area (Å²) in [5.41, 5.74) is 2.23. The highest BCUT2D eigenvalue weighted by molar-refractivity contribution is 9.10. The molecule has 5 nitrogen and oxygen atoms in total. The largest absolute Gasteiger partial charge is 0.465 e. The Labute approximate surface area is 124 Å². The van der Waals surface area contributed by atoms with Crippen LogP contribution in [0.15, 0.2) is 39.6 Å². The topological polar surface area (TPSA) is 68.5 Å². The van der Waals surface area contributed by atoms with Gasteiger partial charge in [0.15, 0.2) is 4.67 Å². The fourth-order valence-corrected chi connectivity index (χ4v) is 2.11. The van der Waals surface area contributed by atoms with Gasteiger partial charge in [0.1, 0.15) is 0 Å². The second-order valence-electron chi connectivity index (χ2n) is 4.08. The number of hydrogen-bond acceptors (Lipinski definition) is 4. The standard InChI is InChI=1S/C14H12BrNO4/c1-8-7-9(14(18)19-2)3-4-11(8)16-13(17)10-5-6-20-12(10)15/h3-7H,1-2H3,(H,16,17). The third kappa shape index (κ3) is 2.91. The Balaban J connectivity index is 2.20. The van der Waals surface area contributed by atoms with Crippen molar-refractivity contribution in [3.63, 3.8) is 0 Å². The number of amides is 1. The molecule has 1 heterocycles. The van der Waals surface area contributed by atoms with Crippen molar-refractivity contribution in [3.8, 4) is 0 Å². The lowest BCUT2D eigenvalue weighted by atomic mass is 10.1. The van der Waals surface area contributed by atoms with Crippen LogP contribution in [-0.2, 0) is 4.74 Å². The van der Waals surface area contributed by atoms with Crippen LogP contribution in [0.3, 0.4) is 0 Å². The number of methoxy groups -OCH3 is 1. The number of carbonyl (C=O) groups is 2. The molecule has 0 fully saturated rings. The molecule has 0 spiro atoms. The number of hydrogen-bond donors (Lipinski definition) is 1. The van der Waals surface area contributed by atoms with Gasteiger partial charge in [-0.15, -0.1) is 0 Å². The first-order chi connectivity index (χ1) is 9.52. The highest BCUT2D eigenvalue weighted by Crippen LogP contribution is 2.21. The zero-order chi connectivity index (χ0) is 14.7. The summed E-state index contributed by atoms with van der Waals surface area (Å²) in [5, 5.41) is 2.76. The van der Waals surface area contributed by atoms with Gasteiger partial charge in [-0.05, 0) is 52.7 Å². The van der Waals surface area contributed by atoms with Crippen LogP contribution in [0.5, 0.6) is 0 Å². The molecule has 2 rings (SSSR count). The highest BCUT2D eigenvalue weighted by Gasteiger charge is 2.14. The normalized spacial score (nSPS) is 10.2. The molecule has 6 heteroatoms. The monoisotopic (exact) mass is 337 g/mol. The van der Waals surface area contributed by atoms with Crippen LogP contribution in [0.4, 0.5) is 5.69 Å². The molecule has 0 bridgehead atoms. The summed E-state index contributed by atoms with van der Waals surface area (Å²) < 4.78 is 10.0. The number of ether oxygens (including phenoxy) is 1. The van der Waals surface area contributed by atoms with Gasteiger partial charge in [0.25, 0.3) is 5.91 Å². The van der Waals surface area contributed by atoms with E-state index < -0.39 is 5.97 Å². The number of halogens is 1. The minimum absolute atomic E-state index is 0.292. The summed E-state index contributed by atoms with van der Waals surface area (Å²) in [6, 6.07) is 6.48. The number of aryl methyl sites for hydroxylation is 1. The van der Waals surface area contributed by atoms with Crippen molar-refractivity contribution in [1.82, 2.24) is 0 Å². The first-order valence-corrected chi connectivity index (χ1v) is 6.55. The van der Waals surface area contributed by atoms with Crippen molar-refractivity contribution in [3.05, 3.63) is 51.9 Å². The minimum atomic E-state index is -0.413. The van der Waals surface area contributed by atoms with Crippen molar-refractivity contribution < 1.29 is 18.7 Å². The maximum atomic E-state index is 12.0. The van der Waals surface area contributed by atoms with Gasteiger partial charge >= 0.3 is 5.97 Å². The summed E-state index contributed by atoms with van der Waals surface area (Å²) in [4.78, 5) is 23.4. The van der Waals surface area contributed by atoms with E-state index in [4.69, 9.17) is 4.42 Å². The molecule has 0 saturated heterocycles.